The van der Waals surface area contributed by atoms with Gasteiger partial charge < -0.3 is 10.7 Å². The number of halogens is 1. The predicted octanol–water partition coefficient (Wildman–Crippen LogP) is 0.515. The first kappa shape index (κ1) is 7.01. The molecule has 1 aromatic heterocycles. The number of nitrogens with two attached hydrogens (primary N) is 1. The van der Waals surface area contributed by atoms with Gasteiger partial charge in [0.2, 0.25) is 0 Å². The van der Waals surface area contributed by atoms with Gasteiger partial charge >= 0.3 is 0 Å². The Hall–Kier alpha value is -0.100. The third-order valence-corrected chi connectivity index (χ3v) is 1.99. The smallest absolute Gasteiger partial charge is 0.122 e. The number of aromatic amines is 1. The highest BCUT2D eigenvalue weighted by Crippen LogP contribution is 2.04. The highest BCUT2D eigenvalue weighted by Gasteiger charge is 1.97. The maximum Gasteiger partial charge on any atom is 0.122 e. The molecule has 1 rings (SSSR count). The van der Waals surface area contributed by atoms with E-state index in [9.17, 15) is 0 Å². The third kappa shape index (κ3) is 1.65. The summed E-state index contributed by atoms with van der Waals surface area (Å²) in [4.78, 5) is 7.02. The first-order chi connectivity index (χ1) is 4.34. The lowest BCUT2D eigenvalue weighted by molar-refractivity contribution is 0.928. The molecule has 0 atom stereocenters. The van der Waals surface area contributed by atoms with Crippen LogP contribution in [0.2, 0.25) is 0 Å². The maximum absolute atomic E-state index is 5.34. The van der Waals surface area contributed by atoms with Gasteiger partial charge in [0, 0.05) is 12.1 Å². The maximum atomic E-state index is 5.34. The van der Waals surface area contributed by atoms with Crippen LogP contribution in [0, 0.1) is 3.70 Å². The summed E-state index contributed by atoms with van der Waals surface area (Å²) in [5, 5.41) is 0. The van der Waals surface area contributed by atoms with Crippen molar-refractivity contribution in [3.63, 3.8) is 0 Å². The van der Waals surface area contributed by atoms with Gasteiger partial charge in [-0.15, -0.1) is 0 Å². The van der Waals surface area contributed by atoms with Gasteiger partial charge in [0.15, 0.2) is 0 Å². The van der Waals surface area contributed by atoms with E-state index in [4.69, 9.17) is 5.73 Å². The highest BCUT2D eigenvalue weighted by atomic mass is 127. The summed E-state index contributed by atoms with van der Waals surface area (Å²) in [6.07, 6.45) is 2.57. The lowest BCUT2D eigenvalue weighted by Crippen LogP contribution is -2.03. The normalized spacial score (nSPS) is 10.0. The molecular weight excluding hydrogens is 229 g/mol. The van der Waals surface area contributed by atoms with Crippen molar-refractivity contribution < 1.29 is 0 Å². The van der Waals surface area contributed by atoms with Gasteiger partial charge in [-0.3, -0.25) is 0 Å². The van der Waals surface area contributed by atoms with Crippen LogP contribution in [0.15, 0.2) is 6.33 Å². The molecule has 0 saturated carbocycles. The summed E-state index contributed by atoms with van der Waals surface area (Å²) in [6, 6.07) is 0. The van der Waals surface area contributed by atoms with Gasteiger partial charge in [-0.1, -0.05) is 0 Å². The second kappa shape index (κ2) is 3.17. The molecule has 3 nitrogen and oxygen atoms in total. The van der Waals surface area contributed by atoms with Crippen LogP contribution in [-0.4, -0.2) is 16.5 Å². The number of rotatable bonds is 2. The Morgan fingerprint density at radius 2 is 2.56 bits per heavy atom. The van der Waals surface area contributed by atoms with Crippen molar-refractivity contribution in [2.24, 2.45) is 5.73 Å². The number of hydrogen-bond acceptors (Lipinski definition) is 2. The Kier molecular flexibility index (Phi) is 2.47. The van der Waals surface area contributed by atoms with Crippen LogP contribution in [-0.2, 0) is 6.42 Å². The van der Waals surface area contributed by atoms with Crippen molar-refractivity contribution in [2.45, 2.75) is 6.42 Å². The molecule has 4 heteroatoms. The molecule has 0 aromatic carbocycles. The average Bonchev–Trinajstić information content (AvgIpc) is 2.18. The summed E-state index contributed by atoms with van der Waals surface area (Å²) in [5.74, 6) is 0. The van der Waals surface area contributed by atoms with E-state index in [2.05, 4.69) is 32.6 Å². The van der Waals surface area contributed by atoms with E-state index in [0.29, 0.717) is 6.54 Å². The van der Waals surface area contributed by atoms with E-state index >= 15 is 0 Å². The van der Waals surface area contributed by atoms with Gasteiger partial charge in [-0.05, 0) is 29.1 Å². The Bertz CT molecular complexity index is 184. The SMILES string of the molecule is NCCc1[nH]cnc1I. The fraction of sp³-hybridized carbons (Fsp3) is 0.400. The number of aromatic nitrogens is 2. The Labute approximate surface area is 67.2 Å². The van der Waals surface area contributed by atoms with Crippen LogP contribution >= 0.6 is 22.6 Å². The zero-order valence-corrected chi connectivity index (χ0v) is 7.05. The van der Waals surface area contributed by atoms with E-state index < -0.39 is 0 Å². The van der Waals surface area contributed by atoms with E-state index in [-0.39, 0.29) is 0 Å². The molecule has 0 spiro atoms. The van der Waals surface area contributed by atoms with Crippen LogP contribution in [0.1, 0.15) is 5.69 Å². The summed E-state index contributed by atoms with van der Waals surface area (Å²) >= 11 is 2.18. The van der Waals surface area contributed by atoms with Gasteiger partial charge in [0.1, 0.15) is 3.70 Å². The lowest BCUT2D eigenvalue weighted by atomic mass is 10.3. The molecule has 1 heterocycles. The minimum atomic E-state index is 0.679. The van der Waals surface area contributed by atoms with Crippen LogP contribution in [0.3, 0.4) is 0 Å². The molecule has 0 unspecified atom stereocenters. The fourth-order valence-electron chi connectivity index (χ4n) is 0.624. The number of hydrogen-bond donors (Lipinski definition) is 2. The van der Waals surface area contributed by atoms with Crippen LogP contribution in [0.25, 0.3) is 0 Å². The minimum absolute atomic E-state index is 0.679. The topological polar surface area (TPSA) is 54.7 Å². The van der Waals surface area contributed by atoms with Crippen molar-refractivity contribution in [2.75, 3.05) is 6.54 Å². The number of H-pyrrole nitrogens is 1. The summed E-state index contributed by atoms with van der Waals surface area (Å²) in [6.45, 7) is 0.679. The summed E-state index contributed by atoms with van der Waals surface area (Å²) in [5.41, 5.74) is 6.47. The van der Waals surface area contributed by atoms with E-state index in [1.807, 2.05) is 0 Å². The van der Waals surface area contributed by atoms with E-state index in [1.54, 1.807) is 6.33 Å². The molecule has 3 N–H and O–H groups in total. The minimum Gasteiger partial charge on any atom is -0.348 e. The molecule has 0 bridgehead atoms. The molecule has 0 fully saturated rings. The van der Waals surface area contributed by atoms with Crippen molar-refractivity contribution in [1.82, 2.24) is 9.97 Å². The second-order valence-electron chi connectivity index (χ2n) is 1.71. The van der Waals surface area contributed by atoms with Crippen molar-refractivity contribution in [3.8, 4) is 0 Å². The monoisotopic (exact) mass is 237 g/mol. The number of imidazole rings is 1. The van der Waals surface area contributed by atoms with E-state index in [0.717, 1.165) is 15.8 Å². The molecule has 1 aromatic rings. The lowest BCUT2D eigenvalue weighted by Gasteiger charge is -1.90. The van der Waals surface area contributed by atoms with Crippen LogP contribution in [0.4, 0.5) is 0 Å². The van der Waals surface area contributed by atoms with Crippen LogP contribution in [0.5, 0.6) is 0 Å². The molecule has 0 radical (unpaired) electrons. The molecule has 0 aliphatic heterocycles. The Balaban J connectivity index is 2.69. The predicted molar refractivity (Wildman–Crippen MR) is 44.1 cm³/mol. The number of nitrogens with zero attached hydrogens (tertiary/aromatic N) is 1. The fourth-order valence-corrected chi connectivity index (χ4v) is 1.19. The molecule has 0 amide bonds. The van der Waals surface area contributed by atoms with Crippen molar-refractivity contribution >= 4 is 22.6 Å². The van der Waals surface area contributed by atoms with Gasteiger partial charge in [0.05, 0.1) is 6.33 Å². The van der Waals surface area contributed by atoms with Crippen molar-refractivity contribution in [1.29, 1.82) is 0 Å². The van der Waals surface area contributed by atoms with E-state index in [1.165, 1.54) is 0 Å². The Morgan fingerprint density at radius 3 is 3.00 bits per heavy atom. The largest absolute Gasteiger partial charge is 0.348 e. The zero-order chi connectivity index (χ0) is 6.69. The van der Waals surface area contributed by atoms with Gasteiger partial charge in [0.25, 0.3) is 0 Å². The number of nitrogens with one attached hydrogen (secondary N) is 1. The highest BCUT2D eigenvalue weighted by molar-refractivity contribution is 14.1. The standard InChI is InChI=1S/C5H8IN3/c6-5-4(1-2-7)8-3-9-5/h3H,1-2,7H2,(H,8,9). The van der Waals surface area contributed by atoms with Gasteiger partial charge in [-0.25, -0.2) is 4.98 Å². The first-order valence-electron chi connectivity index (χ1n) is 2.72. The molecule has 0 saturated heterocycles. The van der Waals surface area contributed by atoms with Gasteiger partial charge in [-0.2, -0.15) is 0 Å². The summed E-state index contributed by atoms with van der Waals surface area (Å²) in [7, 11) is 0. The first-order valence-corrected chi connectivity index (χ1v) is 3.80. The average molecular weight is 237 g/mol. The van der Waals surface area contributed by atoms with Crippen molar-refractivity contribution in [3.05, 3.63) is 15.7 Å². The Morgan fingerprint density at radius 1 is 1.78 bits per heavy atom. The molecular formula is C5H8IN3. The quantitative estimate of drug-likeness (QED) is 0.736. The molecule has 0 aliphatic rings. The molecule has 0 aliphatic carbocycles. The molecule has 9 heavy (non-hydrogen) atoms. The molecule has 50 valence electrons. The zero-order valence-electron chi connectivity index (χ0n) is 4.89. The van der Waals surface area contributed by atoms with Crippen LogP contribution < -0.4 is 5.73 Å². The third-order valence-electron chi connectivity index (χ3n) is 1.06. The summed E-state index contributed by atoms with van der Waals surface area (Å²) < 4.78 is 1.03. The second-order valence-corrected chi connectivity index (χ2v) is 2.73.